The second-order valence-corrected chi connectivity index (χ2v) is 7.73. The number of rotatable bonds is 5. The minimum atomic E-state index is -6.09. The van der Waals surface area contributed by atoms with Crippen LogP contribution in [0.5, 0.6) is 12.0 Å². The van der Waals surface area contributed by atoms with Gasteiger partial charge in [-0.05, 0) is 0 Å². The van der Waals surface area contributed by atoms with Gasteiger partial charge in [0, 0.05) is 5.56 Å². The average molecular weight is 466 g/mol. The van der Waals surface area contributed by atoms with E-state index < -0.39 is 15.6 Å². The molecule has 14 heteroatoms. The molecule has 1 aliphatic heterocycles. The van der Waals surface area contributed by atoms with Gasteiger partial charge in [0.25, 0.3) is 0 Å². The van der Waals surface area contributed by atoms with Crippen molar-refractivity contribution in [1.29, 1.82) is 0 Å². The van der Waals surface area contributed by atoms with Crippen LogP contribution in [0.3, 0.4) is 0 Å². The fourth-order valence-electron chi connectivity index (χ4n) is 2.78. The van der Waals surface area contributed by atoms with Crippen molar-refractivity contribution in [2.24, 2.45) is 0 Å². The van der Waals surface area contributed by atoms with Gasteiger partial charge in [0.15, 0.2) is 10.1 Å². The summed E-state index contributed by atoms with van der Waals surface area (Å²) in [6, 6.07) is 10.9. The highest BCUT2D eigenvalue weighted by Crippen LogP contribution is 2.27. The highest BCUT2D eigenvalue weighted by molar-refractivity contribution is 7.86. The van der Waals surface area contributed by atoms with Gasteiger partial charge in [0.1, 0.15) is 19.6 Å². The molecule has 10 nitrogen and oxygen atoms in total. The molecule has 0 N–H and O–H groups in total. The van der Waals surface area contributed by atoms with Crippen LogP contribution in [0.15, 0.2) is 30.3 Å². The third-order valence-corrected chi connectivity index (χ3v) is 4.88. The lowest BCUT2D eigenvalue weighted by atomic mass is 10.1. The first kappa shape index (κ1) is 24.7. The molecule has 0 unspecified atom stereocenters. The van der Waals surface area contributed by atoms with Crippen LogP contribution >= 0.6 is 0 Å². The van der Waals surface area contributed by atoms with Crippen molar-refractivity contribution in [1.82, 2.24) is 19.4 Å². The number of aromatic nitrogens is 3. The number of hydrogen-bond donors (Lipinski definition) is 0. The van der Waals surface area contributed by atoms with Crippen LogP contribution in [-0.2, 0) is 21.4 Å². The van der Waals surface area contributed by atoms with Crippen molar-refractivity contribution in [3.63, 3.8) is 0 Å². The highest BCUT2D eigenvalue weighted by Gasteiger charge is 2.38. The maximum Gasteiger partial charge on any atom is 0.485 e. The molecule has 1 aromatic carbocycles. The van der Waals surface area contributed by atoms with Crippen LogP contribution in [0, 0.1) is 0 Å². The van der Waals surface area contributed by atoms with Crippen LogP contribution in [0.1, 0.15) is 5.56 Å². The summed E-state index contributed by atoms with van der Waals surface area (Å²) in [6.07, 6.45) is 0. The van der Waals surface area contributed by atoms with E-state index in [1.54, 1.807) is 14.2 Å². The first-order chi connectivity index (χ1) is 14.5. The molecule has 0 saturated carbocycles. The molecule has 0 aliphatic carbocycles. The van der Waals surface area contributed by atoms with Gasteiger partial charge in [-0.15, -0.1) is 15.0 Å². The summed E-state index contributed by atoms with van der Waals surface area (Å²) in [5, 5.41) is 0. The average Bonchev–Trinajstić information content (AvgIpc) is 2.73. The Morgan fingerprint density at radius 2 is 1.52 bits per heavy atom. The first-order valence-electron chi connectivity index (χ1n) is 8.85. The molecule has 31 heavy (non-hydrogen) atoms. The Kier molecular flexibility index (Phi) is 8.11. The summed E-state index contributed by atoms with van der Waals surface area (Å²) in [5.41, 5.74) is -4.42. The molecule has 172 valence electrons. The Hall–Kier alpha value is -2.55. The van der Waals surface area contributed by atoms with Gasteiger partial charge in [-0.25, -0.2) is 12.9 Å². The van der Waals surface area contributed by atoms with Gasteiger partial charge in [0.2, 0.25) is 0 Å². The monoisotopic (exact) mass is 466 g/mol. The Labute approximate surface area is 177 Å². The molecule has 0 spiro atoms. The van der Waals surface area contributed by atoms with E-state index in [-0.39, 0.29) is 12.0 Å². The number of nitrogens with zero attached hydrogens (tertiary/aromatic N) is 4. The molecule has 0 atom stereocenters. The topological polar surface area (TPSA) is 124 Å². The first-order valence-corrected chi connectivity index (χ1v) is 10.3. The fourth-order valence-corrected chi connectivity index (χ4v) is 2.78. The fraction of sp³-hybridized carbons (Fsp3) is 0.471. The lowest BCUT2D eigenvalue weighted by Gasteiger charge is -2.38. The van der Waals surface area contributed by atoms with Crippen molar-refractivity contribution in [2.75, 3.05) is 40.5 Å². The third kappa shape index (κ3) is 6.72. The normalized spacial score (nSPS) is 16.1. The standard InChI is InChI=1S/C16H21N4O3.CHF3O3S/c1-21-15-17-14(18-16(19-15)22-2)20(8-10-23-11-9-20)12-13-6-4-3-5-7-13;2-1(3,4)8(5,6)7/h3-7H,8-12H2,1-2H3;(H,5,6,7)/q+1;/p-1. The zero-order valence-corrected chi connectivity index (χ0v) is 17.5. The van der Waals surface area contributed by atoms with Crippen LogP contribution in [-0.4, -0.2) is 74.0 Å². The number of benzene rings is 1. The molecule has 0 amide bonds. The van der Waals surface area contributed by atoms with E-state index in [0.29, 0.717) is 23.6 Å². The number of quaternary nitrogens is 1. The van der Waals surface area contributed by atoms with E-state index in [0.717, 1.165) is 19.6 Å². The molecule has 1 saturated heterocycles. The van der Waals surface area contributed by atoms with Crippen LogP contribution in [0.25, 0.3) is 0 Å². The summed E-state index contributed by atoms with van der Waals surface area (Å²) in [4.78, 5) is 13.1. The second kappa shape index (κ2) is 10.2. The maximum atomic E-state index is 10.7. The lowest BCUT2D eigenvalue weighted by molar-refractivity contribution is -0.0517. The van der Waals surface area contributed by atoms with Crippen molar-refractivity contribution >= 4 is 16.1 Å². The summed E-state index contributed by atoms with van der Waals surface area (Å²) >= 11 is 0. The predicted molar refractivity (Wildman–Crippen MR) is 101 cm³/mol. The summed E-state index contributed by atoms with van der Waals surface area (Å²) in [7, 11) is -3.01. The smallest absolute Gasteiger partial charge is 0.485 e. The van der Waals surface area contributed by atoms with Gasteiger partial charge >= 0.3 is 23.5 Å². The van der Waals surface area contributed by atoms with Gasteiger partial charge in [-0.3, -0.25) is 0 Å². The Morgan fingerprint density at radius 3 is 1.94 bits per heavy atom. The van der Waals surface area contributed by atoms with Crippen molar-refractivity contribution < 1.29 is 40.4 Å². The quantitative estimate of drug-likeness (QED) is 0.366. The Balaban J connectivity index is 0.000000366. The predicted octanol–water partition coefficient (Wildman–Crippen LogP) is 1.48. The highest BCUT2D eigenvalue weighted by atomic mass is 32.2. The molecule has 0 radical (unpaired) electrons. The molecule has 2 heterocycles. The van der Waals surface area contributed by atoms with Gasteiger partial charge < -0.3 is 18.8 Å². The molecule has 3 rings (SSSR count). The lowest BCUT2D eigenvalue weighted by Crippen LogP contribution is -2.56. The largest absolute Gasteiger partial charge is 0.741 e. The molecular weight excluding hydrogens is 445 g/mol. The summed E-state index contributed by atoms with van der Waals surface area (Å²) < 4.78 is 75.4. The van der Waals surface area contributed by atoms with E-state index in [4.69, 9.17) is 27.2 Å². The summed E-state index contributed by atoms with van der Waals surface area (Å²) in [6.45, 7) is 3.73. The SMILES string of the molecule is COc1nc(OC)nc([N+]2(Cc3ccccc3)CCOCC2)n1.O=S(=O)([O-])C(F)(F)F. The maximum absolute atomic E-state index is 10.7. The minimum Gasteiger partial charge on any atom is -0.741 e. The number of methoxy groups -OCH3 is 2. The molecule has 0 bridgehead atoms. The number of alkyl halides is 3. The Morgan fingerprint density at radius 1 is 1.03 bits per heavy atom. The van der Waals surface area contributed by atoms with Gasteiger partial charge in [0.05, 0.1) is 27.4 Å². The van der Waals surface area contributed by atoms with E-state index in [1.807, 2.05) is 18.2 Å². The van der Waals surface area contributed by atoms with E-state index >= 15 is 0 Å². The molecule has 2 aromatic rings. The number of hydrogen-bond acceptors (Lipinski definition) is 9. The van der Waals surface area contributed by atoms with Crippen LogP contribution in [0.2, 0.25) is 0 Å². The zero-order valence-electron chi connectivity index (χ0n) is 16.7. The van der Waals surface area contributed by atoms with Gasteiger partial charge in [-0.2, -0.15) is 13.2 Å². The van der Waals surface area contributed by atoms with E-state index in [1.165, 1.54) is 5.56 Å². The molecule has 1 aromatic heterocycles. The van der Waals surface area contributed by atoms with Crippen molar-refractivity contribution in [3.05, 3.63) is 35.9 Å². The van der Waals surface area contributed by atoms with Gasteiger partial charge in [-0.1, -0.05) is 30.3 Å². The second-order valence-electron chi connectivity index (χ2n) is 6.36. The van der Waals surface area contributed by atoms with E-state index in [2.05, 4.69) is 27.1 Å². The molecule has 1 fully saturated rings. The third-order valence-electron chi connectivity index (χ3n) is 4.31. The van der Waals surface area contributed by atoms with Crippen LogP contribution < -0.4 is 14.0 Å². The number of morpholine rings is 1. The minimum absolute atomic E-state index is 0.268. The van der Waals surface area contributed by atoms with Crippen LogP contribution in [0.4, 0.5) is 19.1 Å². The number of halogens is 3. The molecular formula is C17H21F3N4O6S. The molecule has 1 aliphatic rings. The zero-order chi connectivity index (χ0) is 23.1. The Bertz CT molecular complexity index is 932. The number of ether oxygens (including phenoxy) is 3. The van der Waals surface area contributed by atoms with E-state index in [9.17, 15) is 13.2 Å². The summed E-state index contributed by atoms with van der Waals surface area (Å²) in [5.74, 6) is 0.654. The van der Waals surface area contributed by atoms with Crippen molar-refractivity contribution in [2.45, 2.75) is 12.1 Å². The van der Waals surface area contributed by atoms with Crippen molar-refractivity contribution in [3.8, 4) is 12.0 Å².